The molecule has 3 nitrogen and oxygen atoms in total. The Morgan fingerprint density at radius 3 is 2.44 bits per heavy atom. The molecule has 0 radical (unpaired) electrons. The van der Waals surface area contributed by atoms with Crippen molar-refractivity contribution in [3.8, 4) is 0 Å². The molecule has 0 unspecified atom stereocenters. The molecule has 0 aliphatic heterocycles. The maximum Gasteiger partial charge on any atom is 0.300 e. The molecule has 0 fully saturated rings. The van der Waals surface area contributed by atoms with E-state index in [-0.39, 0.29) is 0 Å². The van der Waals surface area contributed by atoms with Crippen LogP contribution in [-0.4, -0.2) is 4.98 Å². The minimum atomic E-state index is 0.521. The molecular weight excluding hydrogens is 200 g/mol. The third-order valence-electron chi connectivity index (χ3n) is 2.32. The molecular formula is C13H10N2O. The Hall–Kier alpha value is -2.29. The van der Waals surface area contributed by atoms with Gasteiger partial charge in [-0.2, -0.15) is 4.98 Å². The molecule has 3 aromatic rings. The molecule has 0 spiro atoms. The highest BCUT2D eigenvalue weighted by Crippen LogP contribution is 2.21. The average molecular weight is 210 g/mol. The first-order valence-corrected chi connectivity index (χ1v) is 5.09. The Labute approximate surface area is 92.7 Å². The van der Waals surface area contributed by atoms with E-state index in [1.807, 2.05) is 54.6 Å². The van der Waals surface area contributed by atoms with Crippen LogP contribution in [0.4, 0.5) is 11.7 Å². The van der Waals surface area contributed by atoms with Crippen molar-refractivity contribution in [1.82, 2.24) is 4.98 Å². The van der Waals surface area contributed by atoms with Crippen molar-refractivity contribution in [1.29, 1.82) is 0 Å². The van der Waals surface area contributed by atoms with Crippen LogP contribution in [0, 0.1) is 0 Å². The summed E-state index contributed by atoms with van der Waals surface area (Å²) >= 11 is 0. The highest BCUT2D eigenvalue weighted by molar-refractivity contribution is 5.75. The molecule has 0 atom stereocenters. The van der Waals surface area contributed by atoms with E-state index in [9.17, 15) is 0 Å². The number of nitrogens with zero attached hydrogens (tertiary/aromatic N) is 1. The maximum atomic E-state index is 5.55. The molecule has 0 saturated heterocycles. The van der Waals surface area contributed by atoms with Crippen molar-refractivity contribution in [2.24, 2.45) is 0 Å². The molecule has 78 valence electrons. The number of hydrogen-bond donors (Lipinski definition) is 1. The summed E-state index contributed by atoms with van der Waals surface area (Å²) in [4.78, 5) is 4.33. The Morgan fingerprint density at radius 2 is 1.62 bits per heavy atom. The Balaban J connectivity index is 1.95. The van der Waals surface area contributed by atoms with Gasteiger partial charge in [-0.15, -0.1) is 0 Å². The summed E-state index contributed by atoms with van der Waals surface area (Å²) in [6.45, 7) is 0. The number of benzene rings is 2. The second-order valence-corrected chi connectivity index (χ2v) is 3.48. The lowest BCUT2D eigenvalue weighted by Crippen LogP contribution is -1.88. The van der Waals surface area contributed by atoms with E-state index in [1.54, 1.807) is 0 Å². The van der Waals surface area contributed by atoms with E-state index in [0.717, 1.165) is 16.8 Å². The molecule has 2 aromatic carbocycles. The minimum absolute atomic E-state index is 0.521. The van der Waals surface area contributed by atoms with Gasteiger partial charge in [0.1, 0.15) is 5.52 Å². The molecule has 0 amide bonds. The second kappa shape index (κ2) is 3.70. The summed E-state index contributed by atoms with van der Waals surface area (Å²) in [6.07, 6.45) is 0. The summed E-state index contributed by atoms with van der Waals surface area (Å²) in [6, 6.07) is 18.0. The summed E-state index contributed by atoms with van der Waals surface area (Å²) < 4.78 is 5.55. The predicted molar refractivity (Wildman–Crippen MR) is 63.7 cm³/mol. The van der Waals surface area contributed by atoms with Gasteiger partial charge in [0.25, 0.3) is 6.01 Å². The maximum absolute atomic E-state index is 5.55. The first-order valence-electron chi connectivity index (χ1n) is 5.09. The van der Waals surface area contributed by atoms with Crippen LogP contribution >= 0.6 is 0 Å². The lowest BCUT2D eigenvalue weighted by atomic mass is 10.3. The zero-order valence-electron chi connectivity index (χ0n) is 8.55. The highest BCUT2D eigenvalue weighted by atomic mass is 16.4. The van der Waals surface area contributed by atoms with Gasteiger partial charge in [0, 0.05) is 5.69 Å². The van der Waals surface area contributed by atoms with E-state index in [4.69, 9.17) is 4.42 Å². The number of para-hydroxylation sites is 3. The predicted octanol–water partition coefficient (Wildman–Crippen LogP) is 3.57. The zero-order chi connectivity index (χ0) is 10.8. The number of fused-ring (bicyclic) bond motifs is 1. The van der Waals surface area contributed by atoms with Gasteiger partial charge >= 0.3 is 0 Å². The lowest BCUT2D eigenvalue weighted by molar-refractivity contribution is 0.623. The Bertz CT molecular complexity index is 568. The number of aromatic nitrogens is 1. The third-order valence-corrected chi connectivity index (χ3v) is 2.32. The van der Waals surface area contributed by atoms with E-state index in [0.29, 0.717) is 6.01 Å². The van der Waals surface area contributed by atoms with E-state index in [2.05, 4.69) is 10.3 Å². The smallest absolute Gasteiger partial charge is 0.300 e. The summed E-state index contributed by atoms with van der Waals surface area (Å²) in [7, 11) is 0. The topological polar surface area (TPSA) is 38.1 Å². The lowest BCUT2D eigenvalue weighted by Gasteiger charge is -1.98. The number of anilines is 2. The summed E-state index contributed by atoms with van der Waals surface area (Å²) in [5, 5.41) is 3.12. The average Bonchev–Trinajstić information content (AvgIpc) is 2.72. The van der Waals surface area contributed by atoms with Crippen molar-refractivity contribution >= 4 is 22.8 Å². The van der Waals surface area contributed by atoms with Gasteiger partial charge in [-0.25, -0.2) is 0 Å². The molecule has 0 aliphatic carbocycles. The molecule has 3 rings (SSSR count). The van der Waals surface area contributed by atoms with E-state index >= 15 is 0 Å². The van der Waals surface area contributed by atoms with Gasteiger partial charge in [-0.1, -0.05) is 30.3 Å². The fraction of sp³-hybridized carbons (Fsp3) is 0. The number of nitrogens with one attached hydrogen (secondary N) is 1. The van der Waals surface area contributed by atoms with Gasteiger partial charge in [-0.05, 0) is 24.3 Å². The van der Waals surface area contributed by atoms with Crippen LogP contribution in [0.25, 0.3) is 11.1 Å². The van der Waals surface area contributed by atoms with Crippen molar-refractivity contribution < 1.29 is 4.42 Å². The fourth-order valence-corrected chi connectivity index (χ4v) is 1.57. The van der Waals surface area contributed by atoms with Crippen molar-refractivity contribution in [2.75, 3.05) is 5.32 Å². The standard InChI is InChI=1S/C13H10N2O/c1-2-6-10(7-3-1)14-13-15-11-8-4-5-9-12(11)16-13/h1-9H,(H,14,15). The first kappa shape index (κ1) is 8.97. The molecule has 3 heteroatoms. The van der Waals surface area contributed by atoms with Crippen molar-refractivity contribution in [3.05, 3.63) is 54.6 Å². The molecule has 0 aliphatic rings. The Kier molecular flexibility index (Phi) is 2.07. The summed E-state index contributed by atoms with van der Waals surface area (Å²) in [5.74, 6) is 0. The van der Waals surface area contributed by atoms with Gasteiger partial charge in [0.15, 0.2) is 5.58 Å². The zero-order valence-corrected chi connectivity index (χ0v) is 8.55. The molecule has 1 aromatic heterocycles. The third kappa shape index (κ3) is 1.63. The van der Waals surface area contributed by atoms with Crippen molar-refractivity contribution in [3.63, 3.8) is 0 Å². The number of oxazole rings is 1. The van der Waals surface area contributed by atoms with Crippen LogP contribution in [0.15, 0.2) is 59.0 Å². The quantitative estimate of drug-likeness (QED) is 0.702. The van der Waals surface area contributed by atoms with E-state index < -0.39 is 0 Å². The molecule has 16 heavy (non-hydrogen) atoms. The first-order chi connectivity index (χ1) is 7.92. The number of rotatable bonds is 2. The SMILES string of the molecule is c1ccc(Nc2nc3ccccc3o2)cc1. The molecule has 0 bridgehead atoms. The van der Waals surface area contributed by atoms with Crippen LogP contribution in [0.5, 0.6) is 0 Å². The van der Waals surface area contributed by atoms with Crippen LogP contribution in [0.3, 0.4) is 0 Å². The van der Waals surface area contributed by atoms with Gasteiger partial charge < -0.3 is 9.73 Å². The van der Waals surface area contributed by atoms with Crippen molar-refractivity contribution in [2.45, 2.75) is 0 Å². The van der Waals surface area contributed by atoms with Gasteiger partial charge in [0.2, 0.25) is 0 Å². The highest BCUT2D eigenvalue weighted by Gasteiger charge is 2.03. The summed E-state index contributed by atoms with van der Waals surface area (Å²) in [5.41, 5.74) is 2.62. The van der Waals surface area contributed by atoms with Crippen LogP contribution < -0.4 is 5.32 Å². The van der Waals surface area contributed by atoms with Gasteiger partial charge in [-0.3, -0.25) is 0 Å². The Morgan fingerprint density at radius 1 is 0.875 bits per heavy atom. The normalized spacial score (nSPS) is 10.5. The molecule has 1 N–H and O–H groups in total. The van der Waals surface area contributed by atoms with Crippen LogP contribution in [0.2, 0.25) is 0 Å². The monoisotopic (exact) mass is 210 g/mol. The molecule has 1 heterocycles. The second-order valence-electron chi connectivity index (χ2n) is 3.48. The van der Waals surface area contributed by atoms with E-state index in [1.165, 1.54) is 0 Å². The van der Waals surface area contributed by atoms with Crippen LogP contribution in [0.1, 0.15) is 0 Å². The fourth-order valence-electron chi connectivity index (χ4n) is 1.57. The number of hydrogen-bond acceptors (Lipinski definition) is 3. The van der Waals surface area contributed by atoms with Gasteiger partial charge in [0.05, 0.1) is 0 Å². The largest absolute Gasteiger partial charge is 0.423 e. The molecule has 0 saturated carbocycles. The minimum Gasteiger partial charge on any atom is -0.423 e. The van der Waals surface area contributed by atoms with Crippen LogP contribution in [-0.2, 0) is 0 Å².